The molecule has 0 N–H and O–H groups in total. The molecule has 18 heavy (non-hydrogen) atoms. The molecule has 0 aliphatic heterocycles. The zero-order valence-corrected chi connectivity index (χ0v) is 12.6. The number of rotatable bonds is 4. The highest BCUT2D eigenvalue weighted by molar-refractivity contribution is 6.42. The SMILES string of the molecule is CC(C)C(c1cc(Cl)c(Cl)cc1[N+](=O)[O-])C(C)Cl. The van der Waals surface area contributed by atoms with E-state index in [9.17, 15) is 10.1 Å². The summed E-state index contributed by atoms with van der Waals surface area (Å²) in [5, 5.41) is 11.3. The summed E-state index contributed by atoms with van der Waals surface area (Å²) in [6, 6.07) is 2.83. The van der Waals surface area contributed by atoms with Gasteiger partial charge in [-0.2, -0.15) is 0 Å². The first-order valence-corrected chi connectivity index (χ1v) is 6.72. The van der Waals surface area contributed by atoms with Crippen LogP contribution in [-0.2, 0) is 0 Å². The van der Waals surface area contributed by atoms with Gasteiger partial charge in [-0.3, -0.25) is 10.1 Å². The van der Waals surface area contributed by atoms with Crippen molar-refractivity contribution in [3.05, 3.63) is 37.9 Å². The molecule has 0 aliphatic rings. The molecule has 3 nitrogen and oxygen atoms in total. The normalized spacial score (nSPS) is 14.6. The Balaban J connectivity index is 3.45. The lowest BCUT2D eigenvalue weighted by Gasteiger charge is -2.23. The van der Waals surface area contributed by atoms with Crippen molar-refractivity contribution >= 4 is 40.5 Å². The second-order valence-electron chi connectivity index (χ2n) is 4.53. The van der Waals surface area contributed by atoms with Gasteiger partial charge >= 0.3 is 0 Å². The van der Waals surface area contributed by atoms with Crippen molar-refractivity contribution in [2.24, 2.45) is 5.92 Å². The van der Waals surface area contributed by atoms with Gasteiger partial charge in [-0.05, 0) is 18.9 Å². The Morgan fingerprint density at radius 3 is 2.06 bits per heavy atom. The molecule has 6 heteroatoms. The average Bonchev–Trinajstić information content (AvgIpc) is 2.21. The molecule has 1 rings (SSSR count). The van der Waals surface area contributed by atoms with Gasteiger partial charge in [0.05, 0.1) is 15.0 Å². The van der Waals surface area contributed by atoms with Crippen LogP contribution in [0.3, 0.4) is 0 Å². The van der Waals surface area contributed by atoms with Crippen molar-refractivity contribution in [1.82, 2.24) is 0 Å². The molecule has 1 aromatic rings. The number of nitro groups is 1. The predicted octanol–water partition coefficient (Wildman–Crippen LogP) is 5.27. The van der Waals surface area contributed by atoms with Gasteiger partial charge < -0.3 is 0 Å². The van der Waals surface area contributed by atoms with Crippen molar-refractivity contribution in [3.63, 3.8) is 0 Å². The van der Waals surface area contributed by atoms with Crippen LogP contribution in [0.1, 0.15) is 32.3 Å². The molecule has 0 saturated heterocycles. The quantitative estimate of drug-likeness (QED) is 0.432. The van der Waals surface area contributed by atoms with Crippen molar-refractivity contribution in [2.75, 3.05) is 0 Å². The zero-order chi connectivity index (χ0) is 14.0. The molecule has 2 atom stereocenters. The van der Waals surface area contributed by atoms with Crippen molar-refractivity contribution < 1.29 is 4.92 Å². The van der Waals surface area contributed by atoms with E-state index in [0.29, 0.717) is 10.6 Å². The van der Waals surface area contributed by atoms with Crippen LogP contribution in [0, 0.1) is 16.0 Å². The molecule has 0 radical (unpaired) electrons. The van der Waals surface area contributed by atoms with Crippen LogP contribution >= 0.6 is 34.8 Å². The molecule has 0 bridgehead atoms. The second kappa shape index (κ2) is 6.09. The maximum absolute atomic E-state index is 11.1. The van der Waals surface area contributed by atoms with Crippen LogP contribution in [0.15, 0.2) is 12.1 Å². The summed E-state index contributed by atoms with van der Waals surface area (Å²) in [5.74, 6) is 0.00951. The average molecular weight is 311 g/mol. The second-order valence-corrected chi connectivity index (χ2v) is 6.03. The van der Waals surface area contributed by atoms with Gasteiger partial charge in [0.2, 0.25) is 0 Å². The Bertz CT molecular complexity index is 453. The minimum Gasteiger partial charge on any atom is -0.258 e. The molecule has 2 unspecified atom stereocenters. The van der Waals surface area contributed by atoms with Crippen molar-refractivity contribution in [2.45, 2.75) is 32.1 Å². The molecular formula is C12H14Cl3NO2. The number of hydrogen-bond donors (Lipinski definition) is 0. The standard InChI is InChI=1S/C12H14Cl3NO2/c1-6(2)12(7(3)13)8-4-9(14)10(15)5-11(8)16(17)18/h4-7,12H,1-3H3. The Labute approximate surface area is 121 Å². The molecular weight excluding hydrogens is 296 g/mol. The van der Waals surface area contributed by atoms with E-state index < -0.39 is 4.92 Å². The zero-order valence-electron chi connectivity index (χ0n) is 10.3. The highest BCUT2D eigenvalue weighted by Crippen LogP contribution is 2.40. The van der Waals surface area contributed by atoms with Crippen LogP contribution in [0.4, 0.5) is 5.69 Å². The van der Waals surface area contributed by atoms with E-state index in [-0.39, 0.29) is 27.9 Å². The first-order valence-electron chi connectivity index (χ1n) is 5.53. The minimum atomic E-state index is -0.452. The van der Waals surface area contributed by atoms with Gasteiger partial charge in [0.1, 0.15) is 0 Å². The molecule has 100 valence electrons. The van der Waals surface area contributed by atoms with Gasteiger partial charge in [0.25, 0.3) is 5.69 Å². The summed E-state index contributed by atoms with van der Waals surface area (Å²) in [4.78, 5) is 10.6. The van der Waals surface area contributed by atoms with E-state index in [2.05, 4.69) is 0 Å². The first kappa shape index (κ1) is 15.5. The lowest BCUT2D eigenvalue weighted by atomic mass is 9.85. The molecule has 1 aromatic carbocycles. The third kappa shape index (κ3) is 3.28. The van der Waals surface area contributed by atoms with E-state index in [1.54, 1.807) is 6.07 Å². The van der Waals surface area contributed by atoms with Gasteiger partial charge in [0.15, 0.2) is 0 Å². The number of benzene rings is 1. The lowest BCUT2D eigenvalue weighted by Crippen LogP contribution is -2.17. The predicted molar refractivity (Wildman–Crippen MR) is 76.0 cm³/mol. The fraction of sp³-hybridized carbons (Fsp3) is 0.500. The van der Waals surface area contributed by atoms with Gasteiger partial charge in [0, 0.05) is 22.9 Å². The molecule has 0 aromatic heterocycles. The highest BCUT2D eigenvalue weighted by Gasteiger charge is 2.29. The maximum Gasteiger partial charge on any atom is 0.274 e. The highest BCUT2D eigenvalue weighted by atomic mass is 35.5. The Morgan fingerprint density at radius 2 is 1.67 bits per heavy atom. The molecule has 0 aliphatic carbocycles. The number of alkyl halides is 1. The lowest BCUT2D eigenvalue weighted by molar-refractivity contribution is -0.385. The summed E-state index contributed by atoms with van der Waals surface area (Å²) < 4.78 is 0. The summed E-state index contributed by atoms with van der Waals surface area (Å²) in [5.41, 5.74) is 0.502. The summed E-state index contributed by atoms with van der Waals surface area (Å²) in [6.07, 6.45) is 0. The number of nitro benzene ring substituents is 1. The smallest absolute Gasteiger partial charge is 0.258 e. The van der Waals surface area contributed by atoms with Crippen molar-refractivity contribution in [3.8, 4) is 0 Å². The number of nitrogens with zero attached hydrogens (tertiary/aromatic N) is 1. The van der Waals surface area contributed by atoms with Crippen LogP contribution < -0.4 is 0 Å². The number of halogens is 3. The molecule has 0 amide bonds. The monoisotopic (exact) mass is 309 g/mol. The summed E-state index contributed by atoms with van der Waals surface area (Å²) in [7, 11) is 0. The van der Waals surface area contributed by atoms with Gasteiger partial charge in [-0.15, -0.1) is 11.6 Å². The van der Waals surface area contributed by atoms with Crippen LogP contribution in [0.5, 0.6) is 0 Å². The van der Waals surface area contributed by atoms with E-state index in [0.717, 1.165) is 0 Å². The third-order valence-corrected chi connectivity index (χ3v) is 3.83. The van der Waals surface area contributed by atoms with Crippen LogP contribution in [0.25, 0.3) is 0 Å². The Kier molecular flexibility index (Phi) is 5.26. The maximum atomic E-state index is 11.1. The summed E-state index contributed by atoms with van der Waals surface area (Å²) >= 11 is 17.9. The molecule has 0 fully saturated rings. The fourth-order valence-electron chi connectivity index (χ4n) is 2.11. The van der Waals surface area contributed by atoms with Gasteiger partial charge in [-0.25, -0.2) is 0 Å². The van der Waals surface area contributed by atoms with E-state index in [1.807, 2.05) is 20.8 Å². The summed E-state index contributed by atoms with van der Waals surface area (Å²) in [6.45, 7) is 5.75. The number of hydrogen-bond acceptors (Lipinski definition) is 2. The van der Waals surface area contributed by atoms with E-state index >= 15 is 0 Å². The van der Waals surface area contributed by atoms with E-state index in [1.165, 1.54) is 6.07 Å². The first-order chi connectivity index (χ1) is 8.25. The molecule has 0 spiro atoms. The van der Waals surface area contributed by atoms with Crippen molar-refractivity contribution in [1.29, 1.82) is 0 Å². The van der Waals surface area contributed by atoms with Crippen LogP contribution in [-0.4, -0.2) is 10.3 Å². The Hall–Kier alpha value is -0.510. The van der Waals surface area contributed by atoms with Gasteiger partial charge in [-0.1, -0.05) is 37.0 Å². The molecule has 0 heterocycles. The largest absolute Gasteiger partial charge is 0.274 e. The Morgan fingerprint density at radius 1 is 1.17 bits per heavy atom. The third-order valence-electron chi connectivity index (χ3n) is 2.84. The fourth-order valence-corrected chi connectivity index (χ4v) is 2.87. The topological polar surface area (TPSA) is 43.1 Å². The minimum absolute atomic E-state index is 0.0319. The molecule has 0 saturated carbocycles. The van der Waals surface area contributed by atoms with Crippen LogP contribution in [0.2, 0.25) is 10.0 Å². The van der Waals surface area contributed by atoms with E-state index in [4.69, 9.17) is 34.8 Å².